The molecule has 2 aromatic rings. The highest BCUT2D eigenvalue weighted by molar-refractivity contribution is 5.80. The molecule has 2 N–H and O–H groups in total. The third-order valence-electron chi connectivity index (χ3n) is 4.03. The Morgan fingerprint density at radius 1 is 1.47 bits per heavy atom. The molecule has 0 amide bonds. The zero-order chi connectivity index (χ0) is 13.2. The summed E-state index contributed by atoms with van der Waals surface area (Å²) in [5.74, 6) is 0.614. The zero-order valence-electron chi connectivity index (χ0n) is 11.3. The smallest absolute Gasteiger partial charge is 0.137 e. The lowest BCUT2D eigenvalue weighted by Gasteiger charge is -2.32. The molecule has 4 heteroatoms. The van der Waals surface area contributed by atoms with E-state index in [-0.39, 0.29) is 6.10 Å². The molecule has 1 aliphatic rings. The molecule has 3 rings (SSSR count). The molecular formula is C15H21N3O. The van der Waals surface area contributed by atoms with Gasteiger partial charge in [-0.05, 0) is 56.5 Å². The predicted molar refractivity (Wildman–Crippen MR) is 76.2 cm³/mol. The number of H-pyrrole nitrogens is 1. The summed E-state index contributed by atoms with van der Waals surface area (Å²) in [4.78, 5) is 9.97. The number of hydrogen-bond acceptors (Lipinski definition) is 3. The second-order valence-corrected chi connectivity index (χ2v) is 5.57. The van der Waals surface area contributed by atoms with Gasteiger partial charge in [-0.15, -0.1) is 0 Å². The van der Waals surface area contributed by atoms with Crippen LogP contribution in [0.15, 0.2) is 24.5 Å². The maximum atomic E-state index is 9.44. The van der Waals surface area contributed by atoms with Gasteiger partial charge in [-0.1, -0.05) is 0 Å². The van der Waals surface area contributed by atoms with Gasteiger partial charge in [0.15, 0.2) is 0 Å². The average Bonchev–Trinajstić information content (AvgIpc) is 2.83. The summed E-state index contributed by atoms with van der Waals surface area (Å²) in [5.41, 5.74) is 2.39. The Kier molecular flexibility index (Phi) is 3.53. The van der Waals surface area contributed by atoms with Crippen LogP contribution in [0.1, 0.15) is 31.2 Å². The Morgan fingerprint density at radius 2 is 2.26 bits per heavy atom. The first-order chi connectivity index (χ1) is 9.24. The number of aliphatic hydroxyl groups excluding tert-OH is 1. The molecule has 0 spiro atoms. The zero-order valence-corrected chi connectivity index (χ0v) is 11.3. The fourth-order valence-corrected chi connectivity index (χ4v) is 3.12. The van der Waals surface area contributed by atoms with Crippen LogP contribution in [0.4, 0.5) is 0 Å². The number of fused-ring (bicyclic) bond motifs is 1. The Morgan fingerprint density at radius 3 is 3.00 bits per heavy atom. The number of piperidine rings is 1. The van der Waals surface area contributed by atoms with Crippen molar-refractivity contribution in [3.05, 3.63) is 30.1 Å². The molecule has 0 bridgehead atoms. The molecule has 0 saturated carbocycles. The van der Waals surface area contributed by atoms with Gasteiger partial charge in [0.05, 0.1) is 6.10 Å². The van der Waals surface area contributed by atoms with Crippen molar-refractivity contribution in [1.29, 1.82) is 0 Å². The van der Waals surface area contributed by atoms with Gasteiger partial charge in [0, 0.05) is 24.3 Å². The highest BCUT2D eigenvalue weighted by atomic mass is 16.3. The summed E-state index contributed by atoms with van der Waals surface area (Å²) in [7, 11) is 0. The normalized spacial score (nSPS) is 19.9. The van der Waals surface area contributed by atoms with Crippen LogP contribution in [-0.4, -0.2) is 45.7 Å². The molecule has 1 atom stereocenters. The molecule has 1 saturated heterocycles. The number of aromatic nitrogens is 2. The summed E-state index contributed by atoms with van der Waals surface area (Å²) >= 11 is 0. The molecular weight excluding hydrogens is 238 g/mol. The quantitative estimate of drug-likeness (QED) is 0.887. The van der Waals surface area contributed by atoms with E-state index in [1.165, 1.54) is 10.9 Å². The van der Waals surface area contributed by atoms with Gasteiger partial charge in [-0.3, -0.25) is 0 Å². The number of nitrogens with one attached hydrogen (secondary N) is 1. The van der Waals surface area contributed by atoms with Crippen molar-refractivity contribution in [2.75, 3.05) is 19.6 Å². The van der Waals surface area contributed by atoms with E-state index >= 15 is 0 Å². The number of likely N-dealkylation sites (tertiary alicyclic amines) is 1. The van der Waals surface area contributed by atoms with Crippen molar-refractivity contribution in [2.24, 2.45) is 0 Å². The summed E-state index contributed by atoms with van der Waals surface area (Å²) in [6.45, 7) is 4.80. The molecule has 0 aliphatic carbocycles. The molecule has 2 aromatic heterocycles. The summed E-state index contributed by atoms with van der Waals surface area (Å²) < 4.78 is 0. The van der Waals surface area contributed by atoms with Crippen molar-refractivity contribution >= 4 is 11.0 Å². The highest BCUT2D eigenvalue weighted by Gasteiger charge is 2.23. The van der Waals surface area contributed by atoms with E-state index in [4.69, 9.17) is 0 Å². The first kappa shape index (κ1) is 12.6. The van der Waals surface area contributed by atoms with E-state index in [1.807, 2.05) is 19.2 Å². The Labute approximate surface area is 113 Å². The molecule has 0 aromatic carbocycles. The van der Waals surface area contributed by atoms with Crippen LogP contribution in [0.5, 0.6) is 0 Å². The number of nitrogens with zero attached hydrogens (tertiary/aromatic N) is 2. The van der Waals surface area contributed by atoms with E-state index in [9.17, 15) is 5.11 Å². The third kappa shape index (κ3) is 2.65. The minimum Gasteiger partial charge on any atom is -0.392 e. The Bertz CT molecular complexity index is 541. The summed E-state index contributed by atoms with van der Waals surface area (Å²) in [5, 5.41) is 10.7. The van der Waals surface area contributed by atoms with E-state index in [0.717, 1.165) is 38.1 Å². The maximum absolute atomic E-state index is 9.44. The number of aromatic amines is 1. The van der Waals surface area contributed by atoms with Crippen molar-refractivity contribution < 1.29 is 5.11 Å². The van der Waals surface area contributed by atoms with Gasteiger partial charge in [-0.2, -0.15) is 0 Å². The first-order valence-corrected chi connectivity index (χ1v) is 7.06. The fourth-order valence-electron chi connectivity index (χ4n) is 3.12. The number of aliphatic hydroxyl groups is 1. The standard InChI is InChI=1S/C15H21N3O/c1-11(19)10-18-7-4-12(5-8-18)14-9-17-15-13(14)3-2-6-16-15/h2-3,6,9,11-12,19H,4-5,7-8,10H2,1H3,(H,16,17). The molecule has 1 unspecified atom stereocenters. The minimum atomic E-state index is -0.228. The largest absolute Gasteiger partial charge is 0.392 e. The van der Waals surface area contributed by atoms with Crippen molar-refractivity contribution in [3.63, 3.8) is 0 Å². The van der Waals surface area contributed by atoms with E-state index in [0.29, 0.717) is 5.92 Å². The van der Waals surface area contributed by atoms with Crippen molar-refractivity contribution in [3.8, 4) is 0 Å². The van der Waals surface area contributed by atoms with Crippen LogP contribution < -0.4 is 0 Å². The van der Waals surface area contributed by atoms with E-state index in [2.05, 4.69) is 27.1 Å². The van der Waals surface area contributed by atoms with Crippen LogP contribution in [-0.2, 0) is 0 Å². The second-order valence-electron chi connectivity index (χ2n) is 5.57. The van der Waals surface area contributed by atoms with Gasteiger partial charge >= 0.3 is 0 Å². The molecule has 1 aliphatic heterocycles. The first-order valence-electron chi connectivity index (χ1n) is 7.06. The molecule has 1 fully saturated rings. The summed E-state index contributed by atoms with van der Waals surface area (Å²) in [6.07, 6.45) is 6.04. The van der Waals surface area contributed by atoms with Crippen LogP contribution >= 0.6 is 0 Å². The Hall–Kier alpha value is -1.39. The minimum absolute atomic E-state index is 0.228. The number of rotatable bonds is 3. The topological polar surface area (TPSA) is 52.1 Å². The lowest BCUT2D eigenvalue weighted by molar-refractivity contribution is 0.109. The second kappa shape index (κ2) is 5.31. The SMILES string of the molecule is CC(O)CN1CCC(c2c[nH]c3ncccc23)CC1. The maximum Gasteiger partial charge on any atom is 0.137 e. The van der Waals surface area contributed by atoms with Gasteiger partial charge in [0.25, 0.3) is 0 Å². The van der Waals surface area contributed by atoms with Gasteiger partial charge < -0.3 is 15.0 Å². The van der Waals surface area contributed by atoms with Crippen LogP contribution in [0, 0.1) is 0 Å². The molecule has 102 valence electrons. The van der Waals surface area contributed by atoms with Crippen molar-refractivity contribution in [1.82, 2.24) is 14.9 Å². The number of β-amino-alcohol motifs (C(OH)–C–C–N with tert-alkyl or cyclic N) is 1. The molecule has 0 radical (unpaired) electrons. The van der Waals surface area contributed by atoms with Crippen LogP contribution in [0.2, 0.25) is 0 Å². The van der Waals surface area contributed by atoms with Crippen LogP contribution in [0.25, 0.3) is 11.0 Å². The average molecular weight is 259 g/mol. The Balaban J connectivity index is 1.71. The number of hydrogen-bond donors (Lipinski definition) is 2. The summed E-state index contributed by atoms with van der Waals surface area (Å²) in [6, 6.07) is 4.15. The highest BCUT2D eigenvalue weighted by Crippen LogP contribution is 2.32. The molecule has 3 heterocycles. The van der Waals surface area contributed by atoms with Crippen molar-refractivity contribution in [2.45, 2.75) is 31.8 Å². The van der Waals surface area contributed by atoms with Gasteiger partial charge in [0.2, 0.25) is 0 Å². The predicted octanol–water partition coefficient (Wildman–Crippen LogP) is 2.12. The fraction of sp³-hybridized carbons (Fsp3) is 0.533. The van der Waals surface area contributed by atoms with E-state index < -0.39 is 0 Å². The lowest BCUT2D eigenvalue weighted by Crippen LogP contribution is -2.37. The monoisotopic (exact) mass is 259 g/mol. The molecule has 19 heavy (non-hydrogen) atoms. The van der Waals surface area contributed by atoms with Gasteiger partial charge in [-0.25, -0.2) is 4.98 Å². The lowest BCUT2D eigenvalue weighted by atomic mass is 9.89. The van der Waals surface area contributed by atoms with E-state index in [1.54, 1.807) is 0 Å². The molecule has 4 nitrogen and oxygen atoms in total. The third-order valence-corrected chi connectivity index (χ3v) is 4.03. The number of pyridine rings is 1. The van der Waals surface area contributed by atoms with Gasteiger partial charge in [0.1, 0.15) is 5.65 Å². The van der Waals surface area contributed by atoms with Crippen LogP contribution in [0.3, 0.4) is 0 Å².